The zero-order valence-electron chi connectivity index (χ0n) is 20.0. The summed E-state index contributed by atoms with van der Waals surface area (Å²) in [5.74, 6) is 0.549. The zero-order valence-corrected chi connectivity index (χ0v) is 20.0. The molecule has 0 fully saturated rings. The molecule has 0 aliphatic carbocycles. The minimum absolute atomic E-state index is 0.104. The van der Waals surface area contributed by atoms with Crippen LogP contribution in [0.25, 0.3) is 28.3 Å². The van der Waals surface area contributed by atoms with Gasteiger partial charge < -0.3 is 15.1 Å². The van der Waals surface area contributed by atoms with Gasteiger partial charge in [0.1, 0.15) is 5.82 Å². The minimum Gasteiger partial charge on any atom is -0.461 e. The van der Waals surface area contributed by atoms with Gasteiger partial charge in [0.15, 0.2) is 23.1 Å². The van der Waals surface area contributed by atoms with Crippen LogP contribution in [0.2, 0.25) is 0 Å². The summed E-state index contributed by atoms with van der Waals surface area (Å²) >= 11 is 0. The molecule has 0 unspecified atom stereocenters. The van der Waals surface area contributed by atoms with Crippen LogP contribution in [-0.4, -0.2) is 46.7 Å². The van der Waals surface area contributed by atoms with Gasteiger partial charge in [-0.2, -0.15) is 14.6 Å². The lowest BCUT2D eigenvalue weighted by Gasteiger charge is -2.32. The quantitative estimate of drug-likeness (QED) is 0.386. The summed E-state index contributed by atoms with van der Waals surface area (Å²) in [7, 11) is 0. The topological polar surface area (TPSA) is 120 Å². The van der Waals surface area contributed by atoms with E-state index in [0.29, 0.717) is 47.8 Å². The minimum atomic E-state index is -0.794. The molecule has 5 heterocycles. The highest BCUT2D eigenvalue weighted by Crippen LogP contribution is 2.30. The second-order valence-electron chi connectivity index (χ2n) is 9.18. The number of benzene rings is 2. The molecule has 0 saturated heterocycles. The van der Waals surface area contributed by atoms with Crippen molar-refractivity contribution in [1.82, 2.24) is 34.3 Å². The van der Waals surface area contributed by atoms with Crippen LogP contribution in [0, 0.1) is 5.82 Å². The van der Waals surface area contributed by atoms with E-state index in [2.05, 4.69) is 20.2 Å². The summed E-state index contributed by atoms with van der Waals surface area (Å²) in [5, 5.41) is 9.64. The van der Waals surface area contributed by atoms with Crippen molar-refractivity contribution in [2.24, 2.45) is 0 Å². The number of anilines is 1. The van der Waals surface area contributed by atoms with Crippen LogP contribution in [0.15, 0.2) is 77.5 Å². The first kappa shape index (κ1) is 22.2. The van der Waals surface area contributed by atoms with E-state index in [4.69, 9.17) is 10.2 Å². The Kier molecular flexibility index (Phi) is 4.96. The standard InChI is InChI=1S/C27H21FN8O2/c28-19-9-8-18-15-34(11-10-17(18)13-19)26(37)22(16-5-2-1-3-6-16)35-25-20(14-30-35)24-31-23(21-7-4-12-38-21)33-36(24)27(29)32-25/h1-9,12-14,22H,10-11,15H2,(H2,29,32)/t22-/m0/s1. The van der Waals surface area contributed by atoms with Crippen molar-refractivity contribution in [2.75, 3.05) is 12.3 Å². The summed E-state index contributed by atoms with van der Waals surface area (Å²) in [6, 6.07) is 16.8. The monoisotopic (exact) mass is 508 g/mol. The van der Waals surface area contributed by atoms with Crippen LogP contribution in [0.1, 0.15) is 22.7 Å². The lowest BCUT2D eigenvalue weighted by molar-refractivity contribution is -0.134. The summed E-state index contributed by atoms with van der Waals surface area (Å²) in [5.41, 5.74) is 9.77. The third kappa shape index (κ3) is 3.51. The first-order valence-corrected chi connectivity index (χ1v) is 12.1. The maximum Gasteiger partial charge on any atom is 0.252 e. The summed E-state index contributed by atoms with van der Waals surface area (Å²) in [4.78, 5) is 25.1. The molecule has 0 bridgehead atoms. The third-order valence-corrected chi connectivity index (χ3v) is 6.88. The number of hydrogen-bond acceptors (Lipinski definition) is 7. The van der Waals surface area contributed by atoms with Gasteiger partial charge in [0.2, 0.25) is 11.8 Å². The number of nitrogens with two attached hydrogens (primary N) is 1. The molecule has 6 aromatic rings. The number of carbonyl (C=O) groups is 1. The van der Waals surface area contributed by atoms with E-state index in [1.807, 2.05) is 30.3 Å². The second kappa shape index (κ2) is 8.51. The number of hydrogen-bond donors (Lipinski definition) is 1. The van der Waals surface area contributed by atoms with Crippen LogP contribution in [0.3, 0.4) is 0 Å². The number of furan rings is 1. The van der Waals surface area contributed by atoms with Gasteiger partial charge in [0, 0.05) is 13.1 Å². The third-order valence-electron chi connectivity index (χ3n) is 6.88. The molecule has 7 rings (SSSR count). The van der Waals surface area contributed by atoms with E-state index < -0.39 is 6.04 Å². The zero-order chi connectivity index (χ0) is 25.8. The Morgan fingerprint density at radius 2 is 1.89 bits per heavy atom. The maximum atomic E-state index is 14.1. The van der Waals surface area contributed by atoms with E-state index in [9.17, 15) is 9.18 Å². The molecule has 10 nitrogen and oxygen atoms in total. The molecule has 2 N–H and O–H groups in total. The van der Waals surface area contributed by atoms with Gasteiger partial charge in [0.05, 0.1) is 17.8 Å². The Hall–Kier alpha value is -5.06. The molecule has 4 aromatic heterocycles. The smallest absolute Gasteiger partial charge is 0.252 e. The largest absolute Gasteiger partial charge is 0.461 e. The lowest BCUT2D eigenvalue weighted by atomic mass is 9.98. The van der Waals surface area contributed by atoms with Gasteiger partial charge in [-0.25, -0.2) is 14.1 Å². The first-order valence-electron chi connectivity index (χ1n) is 12.1. The van der Waals surface area contributed by atoms with Crippen molar-refractivity contribution >= 4 is 28.5 Å². The molecule has 1 aliphatic rings. The molecule has 2 aromatic carbocycles. The summed E-state index contributed by atoms with van der Waals surface area (Å²) < 4.78 is 22.2. The summed E-state index contributed by atoms with van der Waals surface area (Å²) in [6.07, 6.45) is 3.73. The van der Waals surface area contributed by atoms with Crippen LogP contribution < -0.4 is 5.73 Å². The van der Waals surface area contributed by atoms with Crippen molar-refractivity contribution in [3.63, 3.8) is 0 Å². The van der Waals surface area contributed by atoms with Crippen molar-refractivity contribution in [1.29, 1.82) is 0 Å². The molecule has 0 spiro atoms. The summed E-state index contributed by atoms with van der Waals surface area (Å²) in [6.45, 7) is 0.849. The highest BCUT2D eigenvalue weighted by molar-refractivity contribution is 5.92. The maximum absolute atomic E-state index is 14.1. The fourth-order valence-corrected chi connectivity index (χ4v) is 5.03. The average Bonchev–Trinajstić information content (AvgIpc) is 3.69. The van der Waals surface area contributed by atoms with E-state index in [1.54, 1.807) is 46.3 Å². The molecule has 188 valence electrons. The predicted molar refractivity (Wildman–Crippen MR) is 136 cm³/mol. The fourth-order valence-electron chi connectivity index (χ4n) is 5.03. The van der Waals surface area contributed by atoms with E-state index in [1.165, 1.54) is 10.6 Å². The Morgan fingerprint density at radius 3 is 2.71 bits per heavy atom. The van der Waals surface area contributed by atoms with Crippen LogP contribution >= 0.6 is 0 Å². The molecule has 1 aliphatic heterocycles. The number of nitrogen functional groups attached to an aromatic ring is 1. The van der Waals surface area contributed by atoms with Gasteiger partial charge in [-0.3, -0.25) is 4.79 Å². The number of halogens is 1. The van der Waals surface area contributed by atoms with Crippen molar-refractivity contribution < 1.29 is 13.6 Å². The number of fused-ring (bicyclic) bond motifs is 4. The molecule has 1 atom stereocenters. The Labute approximate surface area is 215 Å². The Balaban J connectivity index is 1.34. The Morgan fingerprint density at radius 1 is 1.03 bits per heavy atom. The number of rotatable bonds is 4. The first-order chi connectivity index (χ1) is 18.6. The van der Waals surface area contributed by atoms with Gasteiger partial charge in [-0.15, -0.1) is 5.10 Å². The number of carbonyl (C=O) groups excluding carboxylic acids is 1. The normalized spacial score (nSPS) is 14.2. The van der Waals surface area contributed by atoms with Crippen LogP contribution in [0.5, 0.6) is 0 Å². The molecule has 0 radical (unpaired) electrons. The highest BCUT2D eigenvalue weighted by Gasteiger charge is 2.32. The van der Waals surface area contributed by atoms with Crippen molar-refractivity contribution in [3.05, 3.63) is 95.6 Å². The van der Waals surface area contributed by atoms with Crippen molar-refractivity contribution in [2.45, 2.75) is 19.0 Å². The SMILES string of the molecule is Nc1nc2c(cnn2[C@H](C(=O)N2CCc3cc(F)ccc3C2)c2ccccc2)c2nc(-c3ccco3)nn12. The predicted octanol–water partition coefficient (Wildman–Crippen LogP) is 3.63. The highest BCUT2D eigenvalue weighted by atomic mass is 19.1. The van der Waals surface area contributed by atoms with Crippen LogP contribution in [0.4, 0.5) is 10.3 Å². The number of amides is 1. The van der Waals surface area contributed by atoms with Gasteiger partial charge in [0.25, 0.3) is 5.91 Å². The van der Waals surface area contributed by atoms with Crippen LogP contribution in [-0.2, 0) is 17.8 Å². The van der Waals surface area contributed by atoms with E-state index in [0.717, 1.165) is 16.7 Å². The van der Waals surface area contributed by atoms with Crippen molar-refractivity contribution in [3.8, 4) is 11.6 Å². The molecular weight excluding hydrogens is 487 g/mol. The lowest BCUT2D eigenvalue weighted by Crippen LogP contribution is -2.41. The van der Waals surface area contributed by atoms with E-state index in [-0.39, 0.29) is 17.7 Å². The molecule has 1 amide bonds. The molecule has 0 saturated carbocycles. The molecule has 11 heteroatoms. The average molecular weight is 509 g/mol. The molecule has 38 heavy (non-hydrogen) atoms. The second-order valence-corrected chi connectivity index (χ2v) is 9.18. The van der Waals surface area contributed by atoms with Gasteiger partial charge in [-0.05, 0) is 47.4 Å². The van der Waals surface area contributed by atoms with Gasteiger partial charge in [-0.1, -0.05) is 36.4 Å². The number of nitrogens with zero attached hydrogens (tertiary/aromatic N) is 7. The number of aromatic nitrogens is 6. The Bertz CT molecular complexity index is 1810. The van der Waals surface area contributed by atoms with E-state index >= 15 is 0 Å². The van der Waals surface area contributed by atoms with Gasteiger partial charge >= 0.3 is 0 Å². The fraction of sp³-hybridized carbons (Fsp3) is 0.148. The molecular formula is C27H21FN8O2.